The Hall–Kier alpha value is -0.930. The van der Waals surface area contributed by atoms with Crippen molar-refractivity contribution in [2.75, 3.05) is 11.9 Å². The number of likely N-dealkylation sites (tertiary alicyclic amines) is 1. The van der Waals surface area contributed by atoms with Crippen LogP contribution >= 0.6 is 23.2 Å². The second-order valence-electron chi connectivity index (χ2n) is 6.01. The van der Waals surface area contributed by atoms with E-state index in [0.717, 1.165) is 19.4 Å². The van der Waals surface area contributed by atoms with Gasteiger partial charge in [-0.25, -0.2) is 4.79 Å². The van der Waals surface area contributed by atoms with Crippen LogP contribution in [0.5, 0.6) is 0 Å². The van der Waals surface area contributed by atoms with Gasteiger partial charge in [-0.3, -0.25) is 0 Å². The fraction of sp³-hybridized carbons (Fsp3) is 0.562. The second kappa shape index (κ2) is 6.45. The van der Waals surface area contributed by atoms with E-state index < -0.39 is 0 Å². The number of urea groups is 1. The lowest BCUT2D eigenvalue weighted by atomic mass is 9.78. The van der Waals surface area contributed by atoms with Crippen molar-refractivity contribution in [2.45, 2.75) is 44.6 Å². The van der Waals surface area contributed by atoms with Crippen LogP contribution in [0.1, 0.15) is 38.5 Å². The number of carbonyl (C=O) groups is 1. The molecule has 2 fully saturated rings. The van der Waals surface area contributed by atoms with E-state index in [1.54, 1.807) is 18.2 Å². The van der Waals surface area contributed by atoms with Crippen LogP contribution in [0.4, 0.5) is 10.5 Å². The van der Waals surface area contributed by atoms with Gasteiger partial charge in [-0.1, -0.05) is 36.0 Å². The topological polar surface area (TPSA) is 32.3 Å². The largest absolute Gasteiger partial charge is 0.322 e. The summed E-state index contributed by atoms with van der Waals surface area (Å²) in [5, 5.41) is 3.92. The summed E-state index contributed by atoms with van der Waals surface area (Å²) in [5.41, 5.74) is 0.701. The molecule has 0 spiro atoms. The van der Waals surface area contributed by atoms with Crippen LogP contribution in [0.2, 0.25) is 10.0 Å². The van der Waals surface area contributed by atoms with Gasteiger partial charge in [0, 0.05) is 18.3 Å². The highest BCUT2D eigenvalue weighted by atomic mass is 35.5. The first-order valence-electron chi connectivity index (χ1n) is 7.68. The Morgan fingerprint density at radius 1 is 1.10 bits per heavy atom. The molecule has 1 aliphatic heterocycles. The van der Waals surface area contributed by atoms with Gasteiger partial charge >= 0.3 is 6.03 Å². The van der Waals surface area contributed by atoms with Crippen molar-refractivity contribution in [3.63, 3.8) is 0 Å². The summed E-state index contributed by atoms with van der Waals surface area (Å²) in [6.45, 7) is 0.855. The van der Waals surface area contributed by atoms with Crippen molar-refractivity contribution in [2.24, 2.45) is 5.92 Å². The highest BCUT2D eigenvalue weighted by Crippen LogP contribution is 2.35. The van der Waals surface area contributed by atoms with Crippen LogP contribution < -0.4 is 5.32 Å². The first kappa shape index (κ1) is 15.0. The van der Waals surface area contributed by atoms with E-state index >= 15 is 0 Å². The summed E-state index contributed by atoms with van der Waals surface area (Å²) in [6, 6.07) is 5.60. The van der Waals surface area contributed by atoms with Crippen LogP contribution in [0, 0.1) is 5.92 Å². The third kappa shape index (κ3) is 3.29. The van der Waals surface area contributed by atoms with E-state index in [-0.39, 0.29) is 6.03 Å². The molecule has 21 heavy (non-hydrogen) atoms. The molecular formula is C16H20Cl2N2O. The summed E-state index contributed by atoms with van der Waals surface area (Å²) in [5.74, 6) is 0.687. The van der Waals surface area contributed by atoms with Gasteiger partial charge in [0.05, 0.1) is 10.0 Å². The number of anilines is 1. The monoisotopic (exact) mass is 326 g/mol. The van der Waals surface area contributed by atoms with Crippen molar-refractivity contribution >= 4 is 34.9 Å². The Kier molecular flexibility index (Phi) is 4.60. The van der Waals surface area contributed by atoms with E-state index in [4.69, 9.17) is 23.2 Å². The number of carbonyl (C=O) groups excluding carboxylic acids is 1. The molecule has 1 saturated heterocycles. The SMILES string of the molecule is O=C(Nc1ccc(Cl)c(Cl)c1)N1CCCC2CCCCC21. The summed E-state index contributed by atoms with van der Waals surface area (Å²) >= 11 is 11.9. The molecule has 1 aromatic carbocycles. The maximum absolute atomic E-state index is 12.6. The van der Waals surface area contributed by atoms with Gasteiger partial charge in [0.2, 0.25) is 0 Å². The zero-order chi connectivity index (χ0) is 14.8. The molecule has 0 aromatic heterocycles. The number of rotatable bonds is 1. The quantitative estimate of drug-likeness (QED) is 0.757. The number of amides is 2. The number of piperidine rings is 1. The molecule has 2 amide bonds. The first-order valence-corrected chi connectivity index (χ1v) is 8.43. The van der Waals surface area contributed by atoms with Gasteiger partial charge in [-0.05, 0) is 49.8 Å². The molecule has 1 N–H and O–H groups in total. The van der Waals surface area contributed by atoms with E-state index in [9.17, 15) is 4.79 Å². The average molecular weight is 327 g/mol. The molecular weight excluding hydrogens is 307 g/mol. The van der Waals surface area contributed by atoms with Crippen molar-refractivity contribution in [1.29, 1.82) is 0 Å². The van der Waals surface area contributed by atoms with Gasteiger partial charge < -0.3 is 10.2 Å². The highest BCUT2D eigenvalue weighted by Gasteiger charge is 2.35. The smallest absolute Gasteiger partial charge is 0.321 e. The van der Waals surface area contributed by atoms with E-state index in [2.05, 4.69) is 5.32 Å². The zero-order valence-corrected chi connectivity index (χ0v) is 13.5. The molecule has 3 nitrogen and oxygen atoms in total. The fourth-order valence-electron chi connectivity index (χ4n) is 3.65. The molecule has 1 aromatic rings. The third-order valence-corrected chi connectivity index (χ3v) is 5.41. The van der Waals surface area contributed by atoms with Crippen molar-refractivity contribution < 1.29 is 4.79 Å². The lowest BCUT2D eigenvalue weighted by molar-refractivity contribution is 0.0909. The Bertz CT molecular complexity index is 533. The number of nitrogens with zero attached hydrogens (tertiary/aromatic N) is 1. The summed E-state index contributed by atoms with van der Waals surface area (Å²) in [6.07, 6.45) is 7.32. The highest BCUT2D eigenvalue weighted by molar-refractivity contribution is 6.42. The van der Waals surface area contributed by atoms with Gasteiger partial charge in [0.15, 0.2) is 0 Å². The molecule has 1 heterocycles. The standard InChI is InChI=1S/C16H20Cl2N2O/c17-13-8-7-12(10-14(13)18)19-16(21)20-9-3-5-11-4-1-2-6-15(11)20/h7-8,10-11,15H,1-6,9H2,(H,19,21). The Morgan fingerprint density at radius 3 is 2.67 bits per heavy atom. The molecule has 114 valence electrons. The average Bonchev–Trinajstić information content (AvgIpc) is 2.50. The fourth-order valence-corrected chi connectivity index (χ4v) is 3.94. The third-order valence-electron chi connectivity index (χ3n) is 4.67. The minimum Gasteiger partial charge on any atom is -0.321 e. The van der Waals surface area contributed by atoms with Gasteiger partial charge in [0.1, 0.15) is 0 Å². The first-order chi connectivity index (χ1) is 10.1. The maximum Gasteiger partial charge on any atom is 0.322 e. The second-order valence-corrected chi connectivity index (χ2v) is 6.82. The lowest BCUT2D eigenvalue weighted by Gasteiger charge is -2.44. The molecule has 2 atom stereocenters. The molecule has 1 aliphatic carbocycles. The minimum atomic E-state index is -0.00927. The van der Waals surface area contributed by atoms with Crippen LogP contribution in [-0.2, 0) is 0 Å². The van der Waals surface area contributed by atoms with Crippen LogP contribution in [0.15, 0.2) is 18.2 Å². The Balaban J connectivity index is 1.70. The van der Waals surface area contributed by atoms with Gasteiger partial charge in [-0.2, -0.15) is 0 Å². The summed E-state index contributed by atoms with van der Waals surface area (Å²) < 4.78 is 0. The molecule has 2 unspecified atom stereocenters. The Morgan fingerprint density at radius 2 is 1.86 bits per heavy atom. The molecule has 2 aliphatic rings. The Labute approximate surface area is 135 Å². The van der Waals surface area contributed by atoms with Crippen molar-refractivity contribution in [3.8, 4) is 0 Å². The summed E-state index contributed by atoms with van der Waals surface area (Å²) in [7, 11) is 0. The van der Waals surface area contributed by atoms with Crippen LogP contribution in [0.3, 0.4) is 0 Å². The number of hydrogen-bond donors (Lipinski definition) is 1. The molecule has 0 bridgehead atoms. The van der Waals surface area contributed by atoms with Crippen molar-refractivity contribution in [1.82, 2.24) is 4.90 Å². The van der Waals surface area contributed by atoms with E-state index in [1.807, 2.05) is 4.90 Å². The molecule has 5 heteroatoms. The van der Waals surface area contributed by atoms with Crippen LogP contribution in [-0.4, -0.2) is 23.5 Å². The molecule has 1 saturated carbocycles. The normalized spacial score (nSPS) is 25.3. The van der Waals surface area contributed by atoms with Gasteiger partial charge in [0.25, 0.3) is 0 Å². The number of halogens is 2. The van der Waals surface area contributed by atoms with Crippen molar-refractivity contribution in [3.05, 3.63) is 28.2 Å². The molecule has 3 rings (SSSR count). The maximum atomic E-state index is 12.6. The molecule has 0 radical (unpaired) electrons. The van der Waals surface area contributed by atoms with Gasteiger partial charge in [-0.15, -0.1) is 0 Å². The van der Waals surface area contributed by atoms with E-state index in [0.29, 0.717) is 27.7 Å². The minimum absolute atomic E-state index is 0.00927. The number of hydrogen-bond acceptors (Lipinski definition) is 1. The zero-order valence-electron chi connectivity index (χ0n) is 11.9. The lowest BCUT2D eigenvalue weighted by Crippen LogP contribution is -2.51. The predicted octanol–water partition coefficient (Wildman–Crippen LogP) is 5.18. The van der Waals surface area contributed by atoms with E-state index in [1.165, 1.54) is 25.7 Å². The summed E-state index contributed by atoms with van der Waals surface area (Å²) in [4.78, 5) is 14.6. The number of benzene rings is 1. The van der Waals surface area contributed by atoms with Crippen LogP contribution in [0.25, 0.3) is 0 Å². The predicted molar refractivity (Wildman–Crippen MR) is 87.2 cm³/mol. The number of nitrogens with one attached hydrogen (secondary N) is 1. The number of fused-ring (bicyclic) bond motifs is 1.